The number of aromatic nitrogens is 1. The maximum absolute atomic E-state index is 12.6. The summed E-state index contributed by atoms with van der Waals surface area (Å²) >= 11 is 2.70. The molecule has 4 rings (SSSR count). The quantitative estimate of drug-likeness (QED) is 0.292. The molecule has 4 aromatic rings. The Labute approximate surface area is 183 Å². The summed E-state index contributed by atoms with van der Waals surface area (Å²) in [4.78, 5) is 5.18. The lowest BCUT2D eigenvalue weighted by molar-refractivity contribution is -0.137. The molecule has 0 atom stereocenters. The first kappa shape index (κ1) is 21.1. The fraction of sp³-hybridized carbons (Fsp3) is 0.150. The standard InChI is InChI=1S/C20H15F3N6S2/c1-2-24-13-7-9-15(10-8-13)27-29-19-25-18-16(30-19)11-17(31-18)28-26-14-5-3-12(4-6-14)20(21,22)23/h3-11,24H,2H2,1H3. The third kappa shape index (κ3) is 5.30. The van der Waals surface area contributed by atoms with Gasteiger partial charge in [-0.05, 0) is 61.5 Å². The summed E-state index contributed by atoms with van der Waals surface area (Å²) in [5, 5.41) is 20.8. The topological polar surface area (TPSA) is 74.4 Å². The molecule has 2 aromatic heterocycles. The van der Waals surface area contributed by atoms with Gasteiger partial charge in [0.05, 0.1) is 21.6 Å². The van der Waals surface area contributed by atoms with E-state index in [4.69, 9.17) is 0 Å². The largest absolute Gasteiger partial charge is 0.416 e. The third-order valence-corrected chi connectivity index (χ3v) is 5.95. The van der Waals surface area contributed by atoms with E-state index in [1.54, 1.807) is 0 Å². The zero-order chi connectivity index (χ0) is 21.8. The molecule has 2 aromatic carbocycles. The Hall–Kier alpha value is -3.18. The van der Waals surface area contributed by atoms with E-state index < -0.39 is 11.7 Å². The number of alkyl halides is 3. The highest BCUT2D eigenvalue weighted by molar-refractivity contribution is 7.30. The maximum atomic E-state index is 12.6. The number of thiazole rings is 1. The van der Waals surface area contributed by atoms with Crippen LogP contribution in [0.2, 0.25) is 0 Å². The van der Waals surface area contributed by atoms with Gasteiger partial charge in [-0.1, -0.05) is 22.7 Å². The van der Waals surface area contributed by atoms with E-state index in [9.17, 15) is 13.2 Å². The first-order valence-electron chi connectivity index (χ1n) is 9.16. The molecule has 6 nitrogen and oxygen atoms in total. The number of nitrogens with one attached hydrogen (secondary N) is 1. The summed E-state index contributed by atoms with van der Waals surface area (Å²) in [5.41, 5.74) is 1.37. The minimum absolute atomic E-state index is 0.340. The molecule has 0 radical (unpaired) electrons. The monoisotopic (exact) mass is 460 g/mol. The summed E-state index contributed by atoms with van der Waals surface area (Å²) in [6.07, 6.45) is -4.37. The zero-order valence-electron chi connectivity index (χ0n) is 16.1. The van der Waals surface area contributed by atoms with Crippen LogP contribution in [0.15, 0.2) is 75.1 Å². The number of anilines is 1. The lowest BCUT2D eigenvalue weighted by Crippen LogP contribution is -2.03. The third-order valence-electron chi connectivity index (χ3n) is 4.02. The summed E-state index contributed by atoms with van der Waals surface area (Å²) in [6, 6.07) is 14.0. The van der Waals surface area contributed by atoms with Gasteiger partial charge in [0.15, 0.2) is 0 Å². The van der Waals surface area contributed by atoms with Crippen LogP contribution in [-0.4, -0.2) is 11.5 Å². The van der Waals surface area contributed by atoms with Crippen molar-refractivity contribution in [3.05, 3.63) is 60.2 Å². The fourth-order valence-electron chi connectivity index (χ4n) is 2.58. The normalized spacial score (nSPS) is 12.4. The lowest BCUT2D eigenvalue weighted by Gasteiger charge is -2.05. The minimum Gasteiger partial charge on any atom is -0.385 e. The number of rotatable bonds is 6. The number of thiophene rings is 1. The molecule has 0 spiro atoms. The van der Waals surface area contributed by atoms with Crippen LogP contribution in [0.4, 0.5) is 40.4 Å². The van der Waals surface area contributed by atoms with Crippen LogP contribution in [-0.2, 0) is 6.18 Å². The van der Waals surface area contributed by atoms with Crippen LogP contribution in [0.3, 0.4) is 0 Å². The van der Waals surface area contributed by atoms with Crippen LogP contribution >= 0.6 is 22.7 Å². The van der Waals surface area contributed by atoms with Crippen molar-refractivity contribution in [1.82, 2.24) is 4.98 Å². The molecule has 0 fully saturated rings. The Morgan fingerprint density at radius 2 is 1.52 bits per heavy atom. The van der Waals surface area contributed by atoms with Crippen molar-refractivity contribution in [2.45, 2.75) is 13.1 Å². The molecule has 0 unspecified atom stereocenters. The van der Waals surface area contributed by atoms with E-state index in [0.717, 1.165) is 39.6 Å². The van der Waals surface area contributed by atoms with Gasteiger partial charge in [-0.15, -0.1) is 20.5 Å². The summed E-state index contributed by atoms with van der Waals surface area (Å²) in [7, 11) is 0. The van der Waals surface area contributed by atoms with Gasteiger partial charge in [0, 0.05) is 12.2 Å². The Kier molecular flexibility index (Phi) is 6.05. The van der Waals surface area contributed by atoms with Crippen molar-refractivity contribution < 1.29 is 13.2 Å². The molecule has 0 aliphatic heterocycles. The summed E-state index contributed by atoms with van der Waals surface area (Å²) < 4.78 is 38.7. The number of fused-ring (bicyclic) bond motifs is 1. The number of hydrogen-bond acceptors (Lipinski definition) is 8. The van der Waals surface area contributed by atoms with Gasteiger partial charge >= 0.3 is 6.18 Å². The van der Waals surface area contributed by atoms with Crippen molar-refractivity contribution in [3.8, 4) is 0 Å². The van der Waals surface area contributed by atoms with E-state index in [2.05, 4.69) is 30.8 Å². The molecule has 0 aliphatic rings. The molecular formula is C20H15F3N6S2. The molecule has 1 N–H and O–H groups in total. The van der Waals surface area contributed by atoms with Gasteiger partial charge in [0.2, 0.25) is 5.13 Å². The number of benzene rings is 2. The van der Waals surface area contributed by atoms with Crippen LogP contribution in [0.25, 0.3) is 9.53 Å². The summed E-state index contributed by atoms with van der Waals surface area (Å²) in [5.74, 6) is 0. The van der Waals surface area contributed by atoms with Crippen molar-refractivity contribution >= 4 is 59.4 Å². The second-order valence-electron chi connectivity index (χ2n) is 6.27. The van der Waals surface area contributed by atoms with Crippen molar-refractivity contribution in [2.24, 2.45) is 20.5 Å². The van der Waals surface area contributed by atoms with E-state index in [0.29, 0.717) is 15.8 Å². The molecule has 0 amide bonds. The number of azo groups is 2. The molecule has 0 saturated carbocycles. The van der Waals surface area contributed by atoms with Gasteiger partial charge in [-0.25, -0.2) is 4.98 Å². The second kappa shape index (κ2) is 8.90. The van der Waals surface area contributed by atoms with Crippen LogP contribution in [0.5, 0.6) is 0 Å². The molecule has 11 heteroatoms. The lowest BCUT2D eigenvalue weighted by atomic mass is 10.2. The molecule has 158 valence electrons. The van der Waals surface area contributed by atoms with Gasteiger partial charge in [0.1, 0.15) is 9.83 Å². The first-order valence-corrected chi connectivity index (χ1v) is 10.8. The SMILES string of the molecule is CCNc1ccc(N=Nc2nc3sc(N=Nc4ccc(C(F)(F)F)cc4)cc3s2)cc1. The van der Waals surface area contributed by atoms with Gasteiger partial charge in [0.25, 0.3) is 0 Å². The maximum Gasteiger partial charge on any atom is 0.416 e. The Morgan fingerprint density at radius 1 is 0.871 bits per heavy atom. The summed E-state index contributed by atoms with van der Waals surface area (Å²) in [6.45, 7) is 2.88. The Morgan fingerprint density at radius 3 is 2.13 bits per heavy atom. The van der Waals surface area contributed by atoms with Gasteiger partial charge in [-0.2, -0.15) is 13.2 Å². The number of hydrogen-bond donors (Lipinski definition) is 1. The fourth-order valence-corrected chi connectivity index (χ4v) is 4.43. The first-order chi connectivity index (χ1) is 14.9. The zero-order valence-corrected chi connectivity index (χ0v) is 17.7. The number of halogens is 3. The van der Waals surface area contributed by atoms with Crippen molar-refractivity contribution in [3.63, 3.8) is 0 Å². The van der Waals surface area contributed by atoms with E-state index >= 15 is 0 Å². The minimum atomic E-state index is -4.37. The van der Waals surface area contributed by atoms with Gasteiger partial charge < -0.3 is 5.32 Å². The van der Waals surface area contributed by atoms with E-state index in [1.165, 1.54) is 34.8 Å². The molecule has 0 saturated heterocycles. The molecule has 2 heterocycles. The number of nitrogens with zero attached hydrogens (tertiary/aromatic N) is 5. The van der Waals surface area contributed by atoms with Crippen LogP contribution < -0.4 is 5.32 Å². The smallest absolute Gasteiger partial charge is 0.385 e. The highest BCUT2D eigenvalue weighted by atomic mass is 32.1. The molecule has 0 bridgehead atoms. The predicted octanol–water partition coefficient (Wildman–Crippen LogP) is 8.64. The van der Waals surface area contributed by atoms with Crippen LogP contribution in [0, 0.1) is 0 Å². The highest BCUT2D eigenvalue weighted by Crippen LogP contribution is 2.39. The Bertz CT molecular complexity index is 1190. The van der Waals surface area contributed by atoms with E-state index in [1.807, 2.05) is 37.3 Å². The molecular weight excluding hydrogens is 445 g/mol. The molecule has 0 aliphatic carbocycles. The van der Waals surface area contributed by atoms with Crippen molar-refractivity contribution in [2.75, 3.05) is 11.9 Å². The predicted molar refractivity (Wildman–Crippen MR) is 118 cm³/mol. The van der Waals surface area contributed by atoms with Crippen molar-refractivity contribution in [1.29, 1.82) is 0 Å². The average molecular weight is 461 g/mol. The second-order valence-corrected chi connectivity index (χ2v) is 8.29. The van der Waals surface area contributed by atoms with Gasteiger partial charge in [-0.3, -0.25) is 0 Å². The average Bonchev–Trinajstić information content (AvgIpc) is 3.30. The Balaban J connectivity index is 1.43. The van der Waals surface area contributed by atoms with Crippen LogP contribution in [0.1, 0.15) is 12.5 Å². The highest BCUT2D eigenvalue weighted by Gasteiger charge is 2.29. The molecule has 31 heavy (non-hydrogen) atoms. The van der Waals surface area contributed by atoms with E-state index in [-0.39, 0.29) is 0 Å².